The molecule has 0 spiro atoms. The van der Waals surface area contributed by atoms with Crippen molar-refractivity contribution in [3.63, 3.8) is 0 Å². The third-order valence-electron chi connectivity index (χ3n) is 2.87. The van der Waals surface area contributed by atoms with E-state index in [9.17, 15) is 4.79 Å². The number of rotatable bonds is 3. The molecule has 1 unspecified atom stereocenters. The summed E-state index contributed by atoms with van der Waals surface area (Å²) in [4.78, 5) is 15.1. The van der Waals surface area contributed by atoms with Crippen molar-refractivity contribution in [1.29, 1.82) is 0 Å². The summed E-state index contributed by atoms with van der Waals surface area (Å²) in [5.41, 5.74) is 2.92. The second kappa shape index (κ2) is 4.06. The van der Waals surface area contributed by atoms with Gasteiger partial charge in [0.05, 0.1) is 11.3 Å². The second-order valence-electron chi connectivity index (χ2n) is 3.90. The summed E-state index contributed by atoms with van der Waals surface area (Å²) in [7, 11) is 0. The van der Waals surface area contributed by atoms with Crippen molar-refractivity contribution in [3.8, 4) is 0 Å². The molecule has 0 aromatic heterocycles. The summed E-state index contributed by atoms with van der Waals surface area (Å²) >= 11 is 0. The molecule has 2 N–H and O–H groups in total. The molecule has 1 aromatic carbocycles. The van der Waals surface area contributed by atoms with Gasteiger partial charge in [0.25, 0.3) is 0 Å². The smallest absolute Gasteiger partial charge is 0.335 e. The van der Waals surface area contributed by atoms with Crippen LogP contribution in [0.2, 0.25) is 0 Å². The molecule has 16 heavy (non-hydrogen) atoms. The van der Waals surface area contributed by atoms with Gasteiger partial charge in [-0.2, -0.15) is 0 Å². The Morgan fingerprint density at radius 1 is 1.50 bits per heavy atom. The van der Waals surface area contributed by atoms with Crippen molar-refractivity contribution >= 4 is 17.4 Å². The van der Waals surface area contributed by atoms with E-state index in [0.29, 0.717) is 6.42 Å². The van der Waals surface area contributed by atoms with Gasteiger partial charge in [-0.1, -0.05) is 6.07 Å². The summed E-state index contributed by atoms with van der Waals surface area (Å²) in [5, 5.41) is 17.8. The number of nitrogens with zero attached hydrogens (tertiary/aromatic N) is 1. The minimum atomic E-state index is -0.943. The molecule has 0 aliphatic carbocycles. The highest BCUT2D eigenvalue weighted by Gasteiger charge is 2.24. The van der Waals surface area contributed by atoms with E-state index in [2.05, 4.69) is 4.99 Å². The van der Waals surface area contributed by atoms with Crippen LogP contribution in [0.1, 0.15) is 35.2 Å². The lowest BCUT2D eigenvalue weighted by molar-refractivity contribution is 0.0697. The van der Waals surface area contributed by atoms with Gasteiger partial charge in [-0.05, 0) is 31.0 Å². The average molecular weight is 219 g/mol. The standard InChI is InChI=1S/C12H13NO3/c1-7-9(4-5-14)10-3-2-8(12(15)16)6-11(10)13-7/h2-3,6,9,14H,4-5H2,1H3,(H,15,16). The normalized spacial score (nSPS) is 18.1. The van der Waals surface area contributed by atoms with Crippen LogP contribution >= 0.6 is 0 Å². The molecule has 0 radical (unpaired) electrons. The fourth-order valence-corrected chi connectivity index (χ4v) is 2.05. The van der Waals surface area contributed by atoms with Gasteiger partial charge in [0.15, 0.2) is 0 Å². The molecule has 1 atom stereocenters. The summed E-state index contributed by atoms with van der Waals surface area (Å²) < 4.78 is 0. The lowest BCUT2D eigenvalue weighted by Gasteiger charge is -2.10. The Morgan fingerprint density at radius 3 is 2.88 bits per heavy atom. The fraction of sp³-hybridized carbons (Fsp3) is 0.333. The first kappa shape index (κ1) is 10.8. The molecule has 0 saturated heterocycles. The maximum absolute atomic E-state index is 10.8. The van der Waals surface area contributed by atoms with Crippen LogP contribution in [0.5, 0.6) is 0 Å². The van der Waals surface area contributed by atoms with Gasteiger partial charge < -0.3 is 10.2 Å². The van der Waals surface area contributed by atoms with Crippen LogP contribution < -0.4 is 0 Å². The largest absolute Gasteiger partial charge is 0.478 e. The lowest BCUT2D eigenvalue weighted by Crippen LogP contribution is -2.06. The number of aliphatic imine (C=N–C) groups is 1. The molecule has 4 heteroatoms. The minimum Gasteiger partial charge on any atom is -0.478 e. The molecule has 2 rings (SSSR count). The SMILES string of the molecule is CC1=Nc2cc(C(=O)O)ccc2C1CCO. The number of hydrogen-bond acceptors (Lipinski definition) is 3. The fourth-order valence-electron chi connectivity index (χ4n) is 2.05. The molecule has 4 nitrogen and oxygen atoms in total. The number of benzene rings is 1. The van der Waals surface area contributed by atoms with E-state index in [0.717, 1.165) is 17.0 Å². The molecule has 84 valence electrons. The zero-order valence-electron chi connectivity index (χ0n) is 8.97. The second-order valence-corrected chi connectivity index (χ2v) is 3.90. The zero-order chi connectivity index (χ0) is 11.7. The summed E-state index contributed by atoms with van der Waals surface area (Å²) in [5.74, 6) is -0.816. The van der Waals surface area contributed by atoms with E-state index in [1.54, 1.807) is 18.2 Å². The molecular weight excluding hydrogens is 206 g/mol. The van der Waals surface area contributed by atoms with Crippen LogP contribution in [0.15, 0.2) is 23.2 Å². The van der Waals surface area contributed by atoms with Crippen molar-refractivity contribution < 1.29 is 15.0 Å². The first-order valence-electron chi connectivity index (χ1n) is 5.16. The van der Waals surface area contributed by atoms with Gasteiger partial charge >= 0.3 is 5.97 Å². The van der Waals surface area contributed by atoms with Crippen LogP contribution in [0.3, 0.4) is 0 Å². The molecule has 1 aliphatic heterocycles. The van der Waals surface area contributed by atoms with Gasteiger partial charge in [0, 0.05) is 18.2 Å². The highest BCUT2D eigenvalue weighted by Crippen LogP contribution is 2.37. The number of aliphatic hydroxyl groups excluding tert-OH is 1. The third kappa shape index (κ3) is 1.72. The number of carboxylic acids is 1. The predicted molar refractivity (Wildman–Crippen MR) is 60.6 cm³/mol. The van der Waals surface area contributed by atoms with E-state index in [-0.39, 0.29) is 18.1 Å². The number of carbonyl (C=O) groups is 1. The van der Waals surface area contributed by atoms with Gasteiger partial charge in [0.1, 0.15) is 0 Å². The van der Waals surface area contributed by atoms with Gasteiger partial charge in [-0.3, -0.25) is 4.99 Å². The quantitative estimate of drug-likeness (QED) is 0.816. The Morgan fingerprint density at radius 2 is 2.25 bits per heavy atom. The lowest BCUT2D eigenvalue weighted by atomic mass is 9.93. The zero-order valence-corrected chi connectivity index (χ0v) is 8.97. The maximum atomic E-state index is 10.8. The number of carboxylic acid groups (broad SMARTS) is 1. The van der Waals surface area contributed by atoms with E-state index in [4.69, 9.17) is 10.2 Å². The molecule has 0 fully saturated rings. The van der Waals surface area contributed by atoms with Crippen molar-refractivity contribution in [2.45, 2.75) is 19.3 Å². The Bertz CT molecular complexity index is 465. The summed E-state index contributed by atoms with van der Waals surface area (Å²) in [6.45, 7) is 2.01. The Kier molecular flexibility index (Phi) is 2.75. The van der Waals surface area contributed by atoms with Gasteiger partial charge in [-0.25, -0.2) is 4.79 Å². The number of fused-ring (bicyclic) bond motifs is 1. The van der Waals surface area contributed by atoms with Crippen molar-refractivity contribution in [2.24, 2.45) is 4.99 Å². The van der Waals surface area contributed by atoms with Gasteiger partial charge in [0.2, 0.25) is 0 Å². The third-order valence-corrected chi connectivity index (χ3v) is 2.87. The van der Waals surface area contributed by atoms with E-state index in [1.807, 2.05) is 6.92 Å². The molecular formula is C12H13NO3. The van der Waals surface area contributed by atoms with E-state index >= 15 is 0 Å². The van der Waals surface area contributed by atoms with Crippen molar-refractivity contribution in [2.75, 3.05) is 6.61 Å². The Balaban J connectivity index is 2.40. The summed E-state index contributed by atoms with van der Waals surface area (Å²) in [6, 6.07) is 4.96. The molecule has 1 aromatic rings. The number of aliphatic hydroxyl groups is 1. The van der Waals surface area contributed by atoms with Gasteiger partial charge in [-0.15, -0.1) is 0 Å². The molecule has 0 bridgehead atoms. The molecule has 0 saturated carbocycles. The van der Waals surface area contributed by atoms with Crippen molar-refractivity contribution in [1.82, 2.24) is 0 Å². The molecule has 0 amide bonds. The maximum Gasteiger partial charge on any atom is 0.335 e. The monoisotopic (exact) mass is 219 g/mol. The molecule has 1 heterocycles. The van der Waals surface area contributed by atoms with E-state index in [1.165, 1.54) is 0 Å². The van der Waals surface area contributed by atoms with Crippen LogP contribution in [0, 0.1) is 0 Å². The highest BCUT2D eigenvalue weighted by molar-refractivity contribution is 5.98. The van der Waals surface area contributed by atoms with Crippen LogP contribution in [0.25, 0.3) is 0 Å². The number of aromatic carboxylic acids is 1. The van der Waals surface area contributed by atoms with Crippen LogP contribution in [0.4, 0.5) is 5.69 Å². The Hall–Kier alpha value is -1.68. The number of hydrogen-bond donors (Lipinski definition) is 2. The van der Waals surface area contributed by atoms with Crippen LogP contribution in [-0.4, -0.2) is 28.5 Å². The van der Waals surface area contributed by atoms with E-state index < -0.39 is 5.97 Å². The Labute approximate surface area is 93.3 Å². The summed E-state index contributed by atoms with van der Waals surface area (Å²) in [6.07, 6.45) is 0.634. The average Bonchev–Trinajstić information content (AvgIpc) is 2.55. The van der Waals surface area contributed by atoms with Crippen molar-refractivity contribution in [3.05, 3.63) is 29.3 Å². The topological polar surface area (TPSA) is 69.9 Å². The highest BCUT2D eigenvalue weighted by atomic mass is 16.4. The molecule has 1 aliphatic rings. The minimum absolute atomic E-state index is 0.109. The first-order chi connectivity index (χ1) is 7.63. The van der Waals surface area contributed by atoms with Crippen LogP contribution in [-0.2, 0) is 0 Å². The first-order valence-corrected chi connectivity index (χ1v) is 5.16. The predicted octanol–water partition coefficient (Wildman–Crippen LogP) is 1.96.